The first-order valence-electron chi connectivity index (χ1n) is 6.96. The lowest BCUT2D eigenvalue weighted by atomic mass is 9.84. The lowest BCUT2D eigenvalue weighted by molar-refractivity contribution is 0.167. The van der Waals surface area contributed by atoms with Crippen LogP contribution in [0.1, 0.15) is 40.0 Å². The summed E-state index contributed by atoms with van der Waals surface area (Å²) in [6.45, 7) is 10.6. The molecule has 1 rings (SSSR count). The fourth-order valence-electron chi connectivity index (χ4n) is 2.72. The number of rotatable bonds is 5. The Labute approximate surface area is 107 Å². The van der Waals surface area contributed by atoms with Crippen molar-refractivity contribution in [2.45, 2.75) is 46.1 Å². The molecule has 3 heteroatoms. The number of hydrogen-bond acceptors (Lipinski definition) is 3. The summed E-state index contributed by atoms with van der Waals surface area (Å²) in [6.07, 6.45) is 3.52. The normalized spacial score (nSPS) is 24.9. The maximum absolute atomic E-state index is 9.13. The molecule has 0 saturated carbocycles. The molecule has 1 heterocycles. The number of nitrogens with zero attached hydrogens (tertiary/aromatic N) is 1. The van der Waals surface area contributed by atoms with Crippen LogP contribution in [0, 0.1) is 11.3 Å². The molecule has 0 aliphatic carbocycles. The molecule has 2 unspecified atom stereocenters. The highest BCUT2D eigenvalue weighted by atomic mass is 16.3. The molecule has 0 aromatic rings. The zero-order chi connectivity index (χ0) is 12.9. The van der Waals surface area contributed by atoms with E-state index in [1.165, 1.54) is 25.9 Å². The number of aliphatic hydroxyl groups is 1. The molecule has 1 saturated heterocycles. The minimum absolute atomic E-state index is 0.225. The minimum atomic E-state index is 0.225. The predicted molar refractivity (Wildman–Crippen MR) is 73.2 cm³/mol. The van der Waals surface area contributed by atoms with Crippen molar-refractivity contribution in [3.8, 4) is 0 Å². The molecule has 0 aromatic heterocycles. The van der Waals surface area contributed by atoms with Crippen LogP contribution >= 0.6 is 0 Å². The first-order valence-corrected chi connectivity index (χ1v) is 6.96. The maximum atomic E-state index is 9.13. The third-order valence-electron chi connectivity index (χ3n) is 3.84. The molecular formula is C14H30N2O. The van der Waals surface area contributed by atoms with E-state index in [4.69, 9.17) is 5.11 Å². The van der Waals surface area contributed by atoms with Crippen molar-refractivity contribution in [3.63, 3.8) is 0 Å². The Morgan fingerprint density at radius 2 is 2.12 bits per heavy atom. The smallest absolute Gasteiger partial charge is 0.0446 e. The molecule has 0 aromatic carbocycles. The summed E-state index contributed by atoms with van der Waals surface area (Å²) in [7, 11) is 2.21. The fourth-order valence-corrected chi connectivity index (χ4v) is 2.72. The molecule has 2 atom stereocenters. The Balaban J connectivity index is 2.35. The van der Waals surface area contributed by atoms with Gasteiger partial charge in [0.05, 0.1) is 0 Å². The minimum Gasteiger partial charge on any atom is -0.396 e. The van der Waals surface area contributed by atoms with E-state index in [-0.39, 0.29) is 12.0 Å². The Morgan fingerprint density at radius 1 is 1.41 bits per heavy atom. The van der Waals surface area contributed by atoms with Crippen molar-refractivity contribution >= 4 is 0 Å². The third-order valence-corrected chi connectivity index (χ3v) is 3.84. The Kier molecular flexibility index (Phi) is 5.90. The topological polar surface area (TPSA) is 35.5 Å². The van der Waals surface area contributed by atoms with Gasteiger partial charge < -0.3 is 15.3 Å². The predicted octanol–water partition coefficient (Wildman–Crippen LogP) is 1.71. The van der Waals surface area contributed by atoms with Gasteiger partial charge in [0.1, 0.15) is 0 Å². The Bertz CT molecular complexity index is 213. The molecule has 1 aliphatic heterocycles. The lowest BCUT2D eigenvalue weighted by Gasteiger charge is -2.35. The second-order valence-electron chi connectivity index (χ2n) is 6.61. The molecule has 0 spiro atoms. The summed E-state index contributed by atoms with van der Waals surface area (Å²) < 4.78 is 0. The Hall–Kier alpha value is -0.120. The van der Waals surface area contributed by atoms with E-state index in [9.17, 15) is 0 Å². The van der Waals surface area contributed by atoms with Crippen LogP contribution < -0.4 is 5.32 Å². The third kappa shape index (κ3) is 5.36. The van der Waals surface area contributed by atoms with Crippen LogP contribution in [0.3, 0.4) is 0 Å². The van der Waals surface area contributed by atoms with Crippen LogP contribution in [-0.4, -0.2) is 49.3 Å². The number of aliphatic hydroxyl groups excluding tert-OH is 1. The average Bonchev–Trinajstić information content (AvgIpc) is 2.22. The van der Waals surface area contributed by atoms with E-state index in [0.717, 1.165) is 18.9 Å². The highest BCUT2D eigenvalue weighted by Crippen LogP contribution is 2.22. The summed E-state index contributed by atoms with van der Waals surface area (Å²) >= 11 is 0. The summed E-state index contributed by atoms with van der Waals surface area (Å²) in [5, 5.41) is 12.8. The van der Waals surface area contributed by atoms with E-state index >= 15 is 0 Å². The monoisotopic (exact) mass is 242 g/mol. The number of nitrogens with one attached hydrogen (secondary N) is 1. The van der Waals surface area contributed by atoms with Crippen molar-refractivity contribution in [2.24, 2.45) is 11.3 Å². The quantitative estimate of drug-likeness (QED) is 0.770. The molecule has 3 nitrogen and oxygen atoms in total. The van der Waals surface area contributed by atoms with E-state index in [0.29, 0.717) is 6.04 Å². The molecule has 0 amide bonds. The summed E-state index contributed by atoms with van der Waals surface area (Å²) in [5.74, 6) is 0.775. The second kappa shape index (κ2) is 6.72. The summed E-state index contributed by atoms with van der Waals surface area (Å²) in [4.78, 5) is 2.42. The largest absolute Gasteiger partial charge is 0.396 e. The fraction of sp³-hybridized carbons (Fsp3) is 1.00. The number of piperidine rings is 1. The van der Waals surface area contributed by atoms with Crippen molar-refractivity contribution < 1.29 is 5.11 Å². The molecule has 0 radical (unpaired) electrons. The molecule has 1 fully saturated rings. The van der Waals surface area contributed by atoms with E-state index in [1.807, 2.05) is 0 Å². The standard InChI is InChI=1S/C14H30N2O/c1-14(2,3)13(7-9-17)15-10-12-6-5-8-16(4)11-12/h12-13,15,17H,5-11H2,1-4H3. The van der Waals surface area contributed by atoms with Crippen LogP contribution in [0.4, 0.5) is 0 Å². The zero-order valence-corrected chi connectivity index (χ0v) is 12.0. The SMILES string of the molecule is CN1CCCC(CNC(CCO)C(C)(C)C)C1. The highest BCUT2D eigenvalue weighted by molar-refractivity contribution is 4.82. The van der Waals surface area contributed by atoms with Gasteiger partial charge in [0.15, 0.2) is 0 Å². The number of hydrogen-bond donors (Lipinski definition) is 2. The average molecular weight is 242 g/mol. The van der Waals surface area contributed by atoms with Crippen molar-refractivity contribution in [1.82, 2.24) is 10.2 Å². The zero-order valence-electron chi connectivity index (χ0n) is 12.0. The molecule has 0 bridgehead atoms. The van der Waals surface area contributed by atoms with Crippen molar-refractivity contribution in [2.75, 3.05) is 33.3 Å². The van der Waals surface area contributed by atoms with Gasteiger partial charge >= 0.3 is 0 Å². The van der Waals surface area contributed by atoms with Gasteiger partial charge in [-0.15, -0.1) is 0 Å². The van der Waals surface area contributed by atoms with E-state index in [1.54, 1.807) is 0 Å². The van der Waals surface area contributed by atoms with E-state index in [2.05, 4.69) is 38.0 Å². The van der Waals surface area contributed by atoms with Gasteiger partial charge in [-0.1, -0.05) is 20.8 Å². The lowest BCUT2D eigenvalue weighted by Crippen LogP contribution is -2.45. The van der Waals surface area contributed by atoms with Gasteiger partial charge in [0.25, 0.3) is 0 Å². The van der Waals surface area contributed by atoms with Crippen LogP contribution in [0.25, 0.3) is 0 Å². The molecule has 17 heavy (non-hydrogen) atoms. The van der Waals surface area contributed by atoms with Crippen LogP contribution in [0.5, 0.6) is 0 Å². The number of likely N-dealkylation sites (tertiary alicyclic amines) is 1. The summed E-state index contributed by atoms with van der Waals surface area (Å²) in [5.41, 5.74) is 0.225. The van der Waals surface area contributed by atoms with Gasteiger partial charge in [-0.05, 0) is 50.7 Å². The maximum Gasteiger partial charge on any atom is 0.0446 e. The first kappa shape index (κ1) is 14.9. The van der Waals surface area contributed by atoms with Crippen LogP contribution in [0.2, 0.25) is 0 Å². The molecule has 2 N–H and O–H groups in total. The van der Waals surface area contributed by atoms with Gasteiger partial charge in [-0.3, -0.25) is 0 Å². The van der Waals surface area contributed by atoms with Gasteiger partial charge in [-0.2, -0.15) is 0 Å². The first-order chi connectivity index (χ1) is 7.93. The van der Waals surface area contributed by atoms with Gasteiger partial charge in [0.2, 0.25) is 0 Å². The van der Waals surface area contributed by atoms with Crippen molar-refractivity contribution in [3.05, 3.63) is 0 Å². The van der Waals surface area contributed by atoms with Crippen LogP contribution in [0.15, 0.2) is 0 Å². The van der Waals surface area contributed by atoms with Gasteiger partial charge in [0, 0.05) is 19.2 Å². The molecule has 1 aliphatic rings. The van der Waals surface area contributed by atoms with Gasteiger partial charge in [-0.25, -0.2) is 0 Å². The molecule has 102 valence electrons. The summed E-state index contributed by atoms with van der Waals surface area (Å²) in [6, 6.07) is 0.416. The van der Waals surface area contributed by atoms with E-state index < -0.39 is 0 Å². The Morgan fingerprint density at radius 3 is 2.65 bits per heavy atom. The molecular weight excluding hydrogens is 212 g/mol. The second-order valence-corrected chi connectivity index (χ2v) is 6.61. The highest BCUT2D eigenvalue weighted by Gasteiger charge is 2.25. The van der Waals surface area contributed by atoms with Crippen molar-refractivity contribution in [1.29, 1.82) is 0 Å². The van der Waals surface area contributed by atoms with Crippen LogP contribution in [-0.2, 0) is 0 Å².